The monoisotopic (exact) mass is 429 g/mol. The summed E-state index contributed by atoms with van der Waals surface area (Å²) in [5, 5.41) is 11.2. The van der Waals surface area contributed by atoms with E-state index < -0.39 is 17.6 Å². The Morgan fingerprint density at radius 1 is 1.10 bits per heavy atom. The quantitative estimate of drug-likeness (QED) is 0.411. The van der Waals surface area contributed by atoms with Crippen LogP contribution in [0.25, 0.3) is 20.7 Å². The van der Waals surface area contributed by atoms with Crippen molar-refractivity contribution < 1.29 is 23.5 Å². The maximum atomic E-state index is 14.4. The molecule has 0 saturated carbocycles. The predicted octanol–water partition coefficient (Wildman–Crippen LogP) is 5.74. The van der Waals surface area contributed by atoms with Gasteiger partial charge in [0, 0.05) is 17.5 Å². The maximum absolute atomic E-state index is 14.4. The van der Waals surface area contributed by atoms with Crippen molar-refractivity contribution in [3.05, 3.63) is 75.1 Å². The van der Waals surface area contributed by atoms with Crippen molar-refractivity contribution in [2.24, 2.45) is 0 Å². The predicted molar refractivity (Wildman–Crippen MR) is 109 cm³/mol. The van der Waals surface area contributed by atoms with Crippen LogP contribution >= 0.6 is 22.7 Å². The van der Waals surface area contributed by atoms with Crippen LogP contribution in [0.5, 0.6) is 0 Å². The SMILES string of the molecule is Cc1ccc(-c2scc(CC(=O)c3ccc4scnc4c3)c2C(=O)O)c(F)c1F. The summed E-state index contributed by atoms with van der Waals surface area (Å²) in [4.78, 5) is 28.9. The van der Waals surface area contributed by atoms with Crippen molar-refractivity contribution >= 4 is 44.6 Å². The molecule has 0 bridgehead atoms. The van der Waals surface area contributed by atoms with Crippen molar-refractivity contribution in [1.82, 2.24) is 4.98 Å². The number of benzene rings is 2. The highest BCUT2D eigenvalue weighted by Gasteiger charge is 2.25. The second-order valence-corrected chi connectivity index (χ2v) is 8.23. The van der Waals surface area contributed by atoms with Gasteiger partial charge in [-0.3, -0.25) is 4.79 Å². The fourth-order valence-corrected chi connectivity index (χ4v) is 4.83. The highest BCUT2D eigenvalue weighted by Crippen LogP contribution is 2.36. The number of hydrogen-bond donors (Lipinski definition) is 1. The number of thiophene rings is 1. The molecule has 29 heavy (non-hydrogen) atoms. The maximum Gasteiger partial charge on any atom is 0.337 e. The zero-order chi connectivity index (χ0) is 20.7. The summed E-state index contributed by atoms with van der Waals surface area (Å²) in [6, 6.07) is 7.88. The van der Waals surface area contributed by atoms with Crippen LogP contribution in [0.2, 0.25) is 0 Å². The van der Waals surface area contributed by atoms with E-state index in [0.29, 0.717) is 11.1 Å². The van der Waals surface area contributed by atoms with Crippen molar-refractivity contribution in [2.75, 3.05) is 0 Å². The lowest BCUT2D eigenvalue weighted by atomic mass is 9.98. The van der Waals surface area contributed by atoms with E-state index in [-0.39, 0.29) is 39.3 Å². The average Bonchev–Trinajstić information content (AvgIpc) is 3.32. The van der Waals surface area contributed by atoms with E-state index >= 15 is 0 Å². The Morgan fingerprint density at radius 3 is 2.66 bits per heavy atom. The highest BCUT2D eigenvalue weighted by molar-refractivity contribution is 7.16. The lowest BCUT2D eigenvalue weighted by Crippen LogP contribution is -2.08. The van der Waals surface area contributed by atoms with E-state index in [2.05, 4.69) is 4.98 Å². The Morgan fingerprint density at radius 2 is 1.90 bits per heavy atom. The van der Waals surface area contributed by atoms with Gasteiger partial charge >= 0.3 is 5.97 Å². The smallest absolute Gasteiger partial charge is 0.337 e. The third-order valence-electron chi connectivity index (χ3n) is 4.60. The molecule has 4 aromatic rings. The average molecular weight is 429 g/mol. The number of halogens is 2. The van der Waals surface area contributed by atoms with Crippen LogP contribution in [0, 0.1) is 18.6 Å². The summed E-state index contributed by atoms with van der Waals surface area (Å²) < 4.78 is 29.3. The molecule has 4 rings (SSSR count). The van der Waals surface area contributed by atoms with Gasteiger partial charge in [-0.15, -0.1) is 22.7 Å². The van der Waals surface area contributed by atoms with E-state index in [0.717, 1.165) is 16.0 Å². The topological polar surface area (TPSA) is 67.3 Å². The highest BCUT2D eigenvalue weighted by atomic mass is 32.1. The molecule has 0 spiro atoms. The lowest BCUT2D eigenvalue weighted by molar-refractivity contribution is 0.0697. The Balaban J connectivity index is 1.72. The number of rotatable bonds is 5. The molecule has 0 fully saturated rings. The van der Waals surface area contributed by atoms with Crippen LogP contribution in [0.3, 0.4) is 0 Å². The number of Topliss-reactive ketones (excluding diaryl/α,β-unsaturated/α-hetero) is 1. The van der Waals surface area contributed by atoms with Crippen molar-refractivity contribution in [1.29, 1.82) is 0 Å². The number of fused-ring (bicyclic) bond motifs is 1. The number of aromatic nitrogens is 1. The number of aromatic carboxylic acids is 1. The van der Waals surface area contributed by atoms with E-state index in [1.54, 1.807) is 23.7 Å². The summed E-state index contributed by atoms with van der Waals surface area (Å²) >= 11 is 2.43. The van der Waals surface area contributed by atoms with Gasteiger partial charge < -0.3 is 5.11 Å². The number of ketones is 1. The summed E-state index contributed by atoms with van der Waals surface area (Å²) in [5.74, 6) is -3.68. The van der Waals surface area contributed by atoms with E-state index in [9.17, 15) is 23.5 Å². The van der Waals surface area contributed by atoms with Gasteiger partial charge in [0.2, 0.25) is 0 Å². The van der Waals surface area contributed by atoms with Crippen LogP contribution in [0.4, 0.5) is 8.78 Å². The van der Waals surface area contributed by atoms with Crippen LogP contribution in [0.15, 0.2) is 41.2 Å². The minimum Gasteiger partial charge on any atom is -0.478 e. The minimum atomic E-state index is -1.29. The molecule has 2 aromatic heterocycles. The van der Waals surface area contributed by atoms with Crippen molar-refractivity contribution in [3.8, 4) is 10.4 Å². The molecule has 4 nitrogen and oxygen atoms in total. The minimum absolute atomic E-state index is 0.0895. The van der Waals surface area contributed by atoms with Crippen molar-refractivity contribution in [3.63, 3.8) is 0 Å². The first-order valence-electron chi connectivity index (χ1n) is 8.52. The van der Waals surface area contributed by atoms with Gasteiger partial charge in [-0.25, -0.2) is 18.6 Å². The van der Waals surface area contributed by atoms with Crippen LogP contribution < -0.4 is 0 Å². The second-order valence-electron chi connectivity index (χ2n) is 6.46. The van der Waals surface area contributed by atoms with Gasteiger partial charge in [-0.2, -0.15) is 0 Å². The van der Waals surface area contributed by atoms with Crippen LogP contribution in [-0.4, -0.2) is 21.8 Å². The van der Waals surface area contributed by atoms with Gasteiger partial charge in [0.05, 0.1) is 26.2 Å². The number of nitrogens with zero attached hydrogens (tertiary/aromatic N) is 1. The second kappa shape index (κ2) is 7.46. The van der Waals surface area contributed by atoms with Crippen LogP contribution in [-0.2, 0) is 6.42 Å². The number of carboxylic acid groups (broad SMARTS) is 1. The van der Waals surface area contributed by atoms with Gasteiger partial charge in [-0.05, 0) is 41.6 Å². The Kier molecular flexibility index (Phi) is 4.97. The zero-order valence-electron chi connectivity index (χ0n) is 15.0. The molecule has 2 heterocycles. The Labute approximate surface area is 172 Å². The summed E-state index contributed by atoms with van der Waals surface area (Å²) in [7, 11) is 0. The fraction of sp³-hybridized carbons (Fsp3) is 0.0952. The molecule has 0 amide bonds. The van der Waals surface area contributed by atoms with Gasteiger partial charge in [0.15, 0.2) is 17.4 Å². The third kappa shape index (κ3) is 3.45. The molecule has 1 N–H and O–H groups in total. The Bertz CT molecular complexity index is 1280. The number of aryl methyl sites for hydroxylation is 1. The molecule has 0 aliphatic heterocycles. The molecule has 0 radical (unpaired) electrons. The van der Waals surface area contributed by atoms with Crippen molar-refractivity contribution in [2.45, 2.75) is 13.3 Å². The fourth-order valence-electron chi connectivity index (χ4n) is 3.08. The number of carbonyl (C=O) groups is 2. The first-order chi connectivity index (χ1) is 13.9. The normalized spacial score (nSPS) is 11.1. The summed E-state index contributed by atoms with van der Waals surface area (Å²) in [5.41, 5.74) is 2.89. The molecule has 8 heteroatoms. The molecule has 2 aromatic carbocycles. The standard InChI is InChI=1S/C21H13F2NO3S2/c1-10-2-4-13(19(23)18(10)22)20-17(21(26)27)12(8-28-20)7-15(25)11-3-5-16-14(6-11)24-9-29-16/h2-6,8-9H,7H2,1H3,(H,26,27). The number of hydrogen-bond acceptors (Lipinski definition) is 5. The van der Waals surface area contributed by atoms with Gasteiger partial charge in [0.1, 0.15) is 0 Å². The molecular formula is C21H13F2NO3S2. The number of thiazole rings is 1. The largest absolute Gasteiger partial charge is 0.478 e. The molecule has 0 unspecified atom stereocenters. The molecular weight excluding hydrogens is 416 g/mol. The first-order valence-corrected chi connectivity index (χ1v) is 10.3. The van der Waals surface area contributed by atoms with Gasteiger partial charge in [-0.1, -0.05) is 12.1 Å². The summed E-state index contributed by atoms with van der Waals surface area (Å²) in [6.45, 7) is 1.43. The van der Waals surface area contributed by atoms with E-state index in [4.69, 9.17) is 0 Å². The van der Waals surface area contributed by atoms with E-state index in [1.165, 1.54) is 35.8 Å². The van der Waals surface area contributed by atoms with Crippen LogP contribution in [0.1, 0.15) is 31.8 Å². The molecule has 0 saturated heterocycles. The Hall–Kier alpha value is -2.97. The molecule has 0 aliphatic carbocycles. The summed E-state index contributed by atoms with van der Waals surface area (Å²) in [6.07, 6.45) is -0.163. The molecule has 146 valence electrons. The van der Waals surface area contributed by atoms with E-state index in [1.807, 2.05) is 0 Å². The molecule has 0 atom stereocenters. The number of carboxylic acids is 1. The first kappa shape index (κ1) is 19.4. The number of carbonyl (C=O) groups excluding carboxylic acids is 1. The van der Waals surface area contributed by atoms with Gasteiger partial charge in [0.25, 0.3) is 0 Å². The molecule has 0 aliphatic rings. The third-order valence-corrected chi connectivity index (χ3v) is 6.48. The lowest BCUT2D eigenvalue weighted by Gasteiger charge is -2.07. The zero-order valence-corrected chi connectivity index (χ0v) is 16.7.